The summed E-state index contributed by atoms with van der Waals surface area (Å²) in [6.07, 6.45) is 3.47. The molecule has 0 saturated heterocycles. The fraction of sp³-hybridized carbons (Fsp3) is 0.111. The summed E-state index contributed by atoms with van der Waals surface area (Å²) in [5, 5.41) is 10.8. The Morgan fingerprint density at radius 3 is 2.77 bits per heavy atom. The third-order valence-corrected chi connectivity index (χ3v) is 1.69. The molecule has 1 aromatic heterocycles. The molecule has 0 aliphatic heterocycles. The van der Waals surface area contributed by atoms with Crippen molar-refractivity contribution in [3.05, 3.63) is 42.7 Å². The second-order valence-electron chi connectivity index (χ2n) is 2.64. The number of para-hydroxylation sites is 1. The first-order valence-electron chi connectivity index (χ1n) is 4.08. The van der Waals surface area contributed by atoms with Crippen molar-refractivity contribution < 1.29 is 0 Å². The van der Waals surface area contributed by atoms with Crippen LogP contribution in [0.15, 0.2) is 42.7 Å². The van der Waals surface area contributed by atoms with Crippen molar-refractivity contribution in [1.82, 2.24) is 15.0 Å². The number of benzene rings is 1. The number of rotatable bonds is 3. The van der Waals surface area contributed by atoms with Gasteiger partial charge < -0.3 is 5.32 Å². The van der Waals surface area contributed by atoms with Crippen LogP contribution in [0.4, 0.5) is 5.69 Å². The van der Waals surface area contributed by atoms with Gasteiger partial charge in [0, 0.05) is 11.9 Å². The van der Waals surface area contributed by atoms with Crippen LogP contribution in [0.25, 0.3) is 0 Å². The highest BCUT2D eigenvalue weighted by Gasteiger charge is 1.90. The van der Waals surface area contributed by atoms with Gasteiger partial charge in [-0.15, -0.1) is 5.10 Å². The van der Waals surface area contributed by atoms with Crippen molar-refractivity contribution >= 4 is 5.69 Å². The molecule has 0 aliphatic carbocycles. The van der Waals surface area contributed by atoms with Crippen LogP contribution in [0.3, 0.4) is 0 Å². The van der Waals surface area contributed by atoms with Gasteiger partial charge in [-0.2, -0.15) is 0 Å². The van der Waals surface area contributed by atoms with E-state index in [4.69, 9.17) is 0 Å². The first-order valence-corrected chi connectivity index (χ1v) is 4.08. The van der Waals surface area contributed by atoms with E-state index >= 15 is 0 Å². The standard InChI is InChI=1S/C9H10N4/c1-2-4-9(5-3-1)10-8-13-7-6-11-12-13/h1-7,10H,8H2. The van der Waals surface area contributed by atoms with Crippen LogP contribution in [0.2, 0.25) is 0 Å². The molecule has 4 nitrogen and oxygen atoms in total. The lowest BCUT2D eigenvalue weighted by atomic mass is 10.3. The number of nitrogens with one attached hydrogen (secondary N) is 1. The van der Waals surface area contributed by atoms with Gasteiger partial charge in [0.25, 0.3) is 0 Å². The van der Waals surface area contributed by atoms with Gasteiger partial charge in [0.05, 0.1) is 6.20 Å². The highest BCUT2D eigenvalue weighted by molar-refractivity contribution is 5.41. The first-order chi connectivity index (χ1) is 6.45. The van der Waals surface area contributed by atoms with Gasteiger partial charge in [-0.3, -0.25) is 0 Å². The summed E-state index contributed by atoms with van der Waals surface area (Å²) in [5.41, 5.74) is 1.08. The molecule has 0 unspecified atom stereocenters. The van der Waals surface area contributed by atoms with Crippen molar-refractivity contribution in [3.8, 4) is 0 Å². The molecule has 0 spiro atoms. The van der Waals surface area contributed by atoms with Gasteiger partial charge in [0.1, 0.15) is 6.67 Å². The largest absolute Gasteiger partial charge is 0.366 e. The summed E-state index contributed by atoms with van der Waals surface area (Å²) in [6, 6.07) is 9.99. The summed E-state index contributed by atoms with van der Waals surface area (Å²) in [7, 11) is 0. The SMILES string of the molecule is c1ccc(NCn2ccnn2)cc1. The molecule has 0 aliphatic rings. The minimum absolute atomic E-state index is 0.643. The van der Waals surface area contributed by atoms with Gasteiger partial charge in [-0.05, 0) is 12.1 Å². The van der Waals surface area contributed by atoms with Gasteiger partial charge in [-0.1, -0.05) is 23.4 Å². The lowest BCUT2D eigenvalue weighted by molar-refractivity contribution is 0.635. The molecular formula is C9H10N4. The van der Waals surface area contributed by atoms with Gasteiger partial charge >= 0.3 is 0 Å². The van der Waals surface area contributed by atoms with Gasteiger partial charge in [0.2, 0.25) is 0 Å². The smallest absolute Gasteiger partial charge is 0.111 e. The van der Waals surface area contributed by atoms with Crippen molar-refractivity contribution in [2.24, 2.45) is 0 Å². The Kier molecular flexibility index (Phi) is 2.22. The lowest BCUT2D eigenvalue weighted by Crippen LogP contribution is -2.08. The molecule has 66 valence electrons. The summed E-state index contributed by atoms with van der Waals surface area (Å²) in [6.45, 7) is 0.643. The molecule has 0 fully saturated rings. The van der Waals surface area contributed by atoms with Crippen LogP contribution in [-0.4, -0.2) is 15.0 Å². The fourth-order valence-corrected chi connectivity index (χ4v) is 1.05. The third kappa shape index (κ3) is 2.05. The van der Waals surface area contributed by atoms with Crippen LogP contribution in [-0.2, 0) is 6.67 Å². The van der Waals surface area contributed by atoms with E-state index in [2.05, 4.69) is 15.6 Å². The van der Waals surface area contributed by atoms with E-state index < -0.39 is 0 Å². The minimum Gasteiger partial charge on any atom is -0.366 e. The predicted octanol–water partition coefficient (Wildman–Crippen LogP) is 1.35. The second kappa shape index (κ2) is 3.71. The molecule has 2 aromatic rings. The zero-order valence-corrected chi connectivity index (χ0v) is 7.09. The topological polar surface area (TPSA) is 42.7 Å². The molecule has 0 saturated carbocycles. The molecule has 0 atom stereocenters. The first kappa shape index (κ1) is 7.79. The van der Waals surface area contributed by atoms with Crippen LogP contribution < -0.4 is 5.32 Å². The molecule has 1 aromatic carbocycles. The number of hydrogen-bond acceptors (Lipinski definition) is 3. The number of nitrogens with zero attached hydrogens (tertiary/aromatic N) is 3. The Hall–Kier alpha value is -1.84. The van der Waals surface area contributed by atoms with Crippen LogP contribution in [0, 0.1) is 0 Å². The molecule has 0 radical (unpaired) electrons. The maximum atomic E-state index is 3.84. The van der Waals surface area contributed by atoms with Gasteiger partial charge in [0.15, 0.2) is 0 Å². The molecule has 13 heavy (non-hydrogen) atoms. The quantitative estimate of drug-likeness (QED) is 0.763. The van der Waals surface area contributed by atoms with E-state index in [0.717, 1.165) is 5.69 Å². The van der Waals surface area contributed by atoms with Crippen molar-refractivity contribution in [3.63, 3.8) is 0 Å². The summed E-state index contributed by atoms with van der Waals surface area (Å²) < 4.78 is 1.73. The monoisotopic (exact) mass is 174 g/mol. The normalized spacial score (nSPS) is 9.85. The number of hydrogen-bond donors (Lipinski definition) is 1. The van der Waals surface area contributed by atoms with Crippen molar-refractivity contribution in [2.75, 3.05) is 5.32 Å². The predicted molar refractivity (Wildman–Crippen MR) is 50.1 cm³/mol. The average Bonchev–Trinajstić information content (AvgIpc) is 2.69. The summed E-state index contributed by atoms with van der Waals surface area (Å²) in [4.78, 5) is 0. The Morgan fingerprint density at radius 2 is 2.08 bits per heavy atom. The van der Waals surface area contributed by atoms with E-state index in [-0.39, 0.29) is 0 Å². The maximum absolute atomic E-state index is 3.84. The molecule has 1 N–H and O–H groups in total. The average molecular weight is 174 g/mol. The highest BCUT2D eigenvalue weighted by Crippen LogP contribution is 2.04. The van der Waals surface area contributed by atoms with E-state index in [9.17, 15) is 0 Å². The van der Waals surface area contributed by atoms with E-state index in [1.54, 1.807) is 10.9 Å². The van der Waals surface area contributed by atoms with Crippen LogP contribution in [0.5, 0.6) is 0 Å². The minimum atomic E-state index is 0.643. The maximum Gasteiger partial charge on any atom is 0.111 e. The molecular weight excluding hydrogens is 164 g/mol. The summed E-state index contributed by atoms with van der Waals surface area (Å²) in [5.74, 6) is 0. The second-order valence-corrected chi connectivity index (χ2v) is 2.64. The number of anilines is 1. The molecule has 1 heterocycles. The highest BCUT2D eigenvalue weighted by atomic mass is 15.4. The van der Waals surface area contributed by atoms with E-state index in [1.165, 1.54) is 0 Å². The lowest BCUT2D eigenvalue weighted by Gasteiger charge is -2.04. The zero-order chi connectivity index (χ0) is 8.93. The van der Waals surface area contributed by atoms with Crippen LogP contribution in [0.1, 0.15) is 0 Å². The van der Waals surface area contributed by atoms with Crippen molar-refractivity contribution in [1.29, 1.82) is 0 Å². The Labute approximate surface area is 76.2 Å². The zero-order valence-electron chi connectivity index (χ0n) is 7.09. The van der Waals surface area contributed by atoms with Crippen LogP contribution >= 0.6 is 0 Å². The third-order valence-electron chi connectivity index (χ3n) is 1.69. The molecule has 4 heteroatoms. The summed E-state index contributed by atoms with van der Waals surface area (Å²) >= 11 is 0. The molecule has 2 rings (SSSR count). The van der Waals surface area contributed by atoms with E-state index in [0.29, 0.717) is 6.67 Å². The number of aromatic nitrogens is 3. The Morgan fingerprint density at radius 1 is 1.23 bits per heavy atom. The Balaban J connectivity index is 1.94. The van der Waals surface area contributed by atoms with Gasteiger partial charge in [-0.25, -0.2) is 4.68 Å². The van der Waals surface area contributed by atoms with E-state index in [1.807, 2.05) is 36.5 Å². The fourth-order valence-electron chi connectivity index (χ4n) is 1.05. The Bertz CT molecular complexity index is 341. The molecule has 0 bridgehead atoms. The van der Waals surface area contributed by atoms with Crippen molar-refractivity contribution in [2.45, 2.75) is 6.67 Å². The molecule has 0 amide bonds.